The number of ether oxygens (including phenoxy) is 1. The second-order valence-electron chi connectivity index (χ2n) is 3.87. The van der Waals surface area contributed by atoms with Crippen LogP contribution < -0.4 is 4.74 Å². The first-order valence-corrected chi connectivity index (χ1v) is 8.30. The molecule has 18 heavy (non-hydrogen) atoms. The van der Waals surface area contributed by atoms with Crippen molar-refractivity contribution in [2.24, 2.45) is 0 Å². The fraction of sp³-hybridized carbons (Fsp3) is 0.143. The molecule has 0 radical (unpaired) electrons. The standard InChI is InChI=1S/C14H13IN2O/c1-2-18-12-5-3-11(4-6-12)13-9-17-10-15-8-7-14(17)16-13/h3-10H,2H2,1H3. The number of halogens is 1. The molecule has 0 fully saturated rings. The molecule has 0 amide bonds. The summed E-state index contributed by atoms with van der Waals surface area (Å²) < 4.78 is 12.0. The Morgan fingerprint density at radius 1 is 1.28 bits per heavy atom. The first-order chi connectivity index (χ1) is 8.86. The molecule has 0 atom stereocenters. The summed E-state index contributed by atoms with van der Waals surface area (Å²) in [6, 6.07) is 8.09. The lowest BCUT2D eigenvalue weighted by Gasteiger charge is -2.02. The van der Waals surface area contributed by atoms with Crippen LogP contribution in [0.1, 0.15) is 12.7 Å². The number of imidazole rings is 1. The Morgan fingerprint density at radius 3 is 2.83 bits per heavy atom. The van der Waals surface area contributed by atoms with Crippen molar-refractivity contribution in [3.05, 3.63) is 40.4 Å². The van der Waals surface area contributed by atoms with Gasteiger partial charge >= 0.3 is 0 Å². The SMILES string of the molecule is CCOc1ccc(-c2cn3c(n2)C=CI=C3)cc1. The molecule has 0 spiro atoms. The molecule has 0 bridgehead atoms. The fourth-order valence-corrected chi connectivity index (χ4v) is 3.33. The second kappa shape index (κ2) is 5.06. The summed E-state index contributed by atoms with van der Waals surface area (Å²) in [6.45, 7) is 2.68. The van der Waals surface area contributed by atoms with E-state index in [2.05, 4.69) is 42.2 Å². The average Bonchev–Trinajstić information content (AvgIpc) is 2.84. The molecule has 0 aliphatic carbocycles. The molecule has 1 aromatic carbocycles. The van der Waals surface area contributed by atoms with Crippen molar-refractivity contribution < 1.29 is 4.74 Å². The molecule has 0 unspecified atom stereocenters. The van der Waals surface area contributed by atoms with Gasteiger partial charge in [-0.1, -0.05) is 20.7 Å². The molecule has 1 aromatic heterocycles. The smallest absolute Gasteiger partial charge is 0.138 e. The lowest BCUT2D eigenvalue weighted by molar-refractivity contribution is 0.340. The molecule has 0 saturated carbocycles. The Morgan fingerprint density at radius 2 is 2.11 bits per heavy atom. The third kappa shape index (κ3) is 2.25. The topological polar surface area (TPSA) is 27.1 Å². The van der Waals surface area contributed by atoms with E-state index in [1.807, 2.05) is 19.1 Å². The van der Waals surface area contributed by atoms with Gasteiger partial charge in [0, 0.05) is 15.9 Å². The third-order valence-electron chi connectivity index (χ3n) is 2.67. The maximum absolute atomic E-state index is 5.44. The number of fused-ring (bicyclic) bond motifs is 1. The van der Waals surface area contributed by atoms with Crippen LogP contribution in [0.3, 0.4) is 0 Å². The van der Waals surface area contributed by atoms with Crippen LogP contribution in [0.2, 0.25) is 0 Å². The average molecular weight is 352 g/mol. The lowest BCUT2D eigenvalue weighted by Crippen LogP contribution is -1.95. The maximum atomic E-state index is 5.44. The normalized spacial score (nSPS) is 12.9. The molecule has 1 aliphatic rings. The first-order valence-electron chi connectivity index (χ1n) is 5.81. The van der Waals surface area contributed by atoms with Crippen molar-refractivity contribution in [3.8, 4) is 17.0 Å². The Kier molecular flexibility index (Phi) is 3.27. The van der Waals surface area contributed by atoms with Gasteiger partial charge < -0.3 is 9.30 Å². The van der Waals surface area contributed by atoms with Gasteiger partial charge in [-0.3, -0.25) is 0 Å². The van der Waals surface area contributed by atoms with E-state index in [0.29, 0.717) is 6.61 Å². The van der Waals surface area contributed by atoms with E-state index < -0.39 is 0 Å². The van der Waals surface area contributed by atoms with Crippen LogP contribution in [0, 0.1) is 0 Å². The minimum absolute atomic E-state index is 0.0559. The van der Waals surface area contributed by atoms with E-state index in [0.717, 1.165) is 22.8 Å². The summed E-state index contributed by atoms with van der Waals surface area (Å²) >= 11 is 0.0559. The molecule has 4 heteroatoms. The molecule has 0 saturated heterocycles. The van der Waals surface area contributed by atoms with Gasteiger partial charge in [0.1, 0.15) is 11.6 Å². The summed E-state index contributed by atoms with van der Waals surface area (Å²) in [5.74, 6) is 1.92. The lowest BCUT2D eigenvalue weighted by atomic mass is 10.2. The molecule has 2 heterocycles. The minimum Gasteiger partial charge on any atom is -0.494 e. The van der Waals surface area contributed by atoms with Gasteiger partial charge in [0.2, 0.25) is 0 Å². The van der Waals surface area contributed by atoms with Gasteiger partial charge in [0.25, 0.3) is 0 Å². The highest BCUT2D eigenvalue weighted by molar-refractivity contribution is 14.2. The van der Waals surface area contributed by atoms with Crippen LogP contribution in [-0.4, -0.2) is 20.3 Å². The number of aromatic nitrogens is 2. The van der Waals surface area contributed by atoms with Crippen molar-refractivity contribution in [2.45, 2.75) is 6.92 Å². The fourth-order valence-electron chi connectivity index (χ4n) is 1.82. The van der Waals surface area contributed by atoms with Crippen LogP contribution in [-0.2, 0) is 0 Å². The summed E-state index contributed by atoms with van der Waals surface area (Å²) in [6.07, 6.45) is 4.19. The Bertz CT molecular complexity index is 582. The second-order valence-corrected chi connectivity index (χ2v) is 5.86. The van der Waals surface area contributed by atoms with Gasteiger partial charge in [-0.05, 0) is 41.3 Å². The van der Waals surface area contributed by atoms with E-state index in [9.17, 15) is 0 Å². The van der Waals surface area contributed by atoms with Crippen molar-refractivity contribution in [2.75, 3.05) is 6.61 Å². The predicted molar refractivity (Wildman–Crippen MR) is 83.3 cm³/mol. The summed E-state index contributed by atoms with van der Waals surface area (Å²) in [4.78, 5) is 4.62. The largest absolute Gasteiger partial charge is 0.494 e. The number of hydrogen-bond acceptors (Lipinski definition) is 2. The molecule has 1 aliphatic heterocycles. The van der Waals surface area contributed by atoms with Crippen LogP contribution in [0.5, 0.6) is 5.75 Å². The van der Waals surface area contributed by atoms with Crippen molar-refractivity contribution in [1.82, 2.24) is 9.55 Å². The summed E-state index contributed by atoms with van der Waals surface area (Å²) in [7, 11) is 0. The van der Waals surface area contributed by atoms with Gasteiger partial charge in [-0.25, -0.2) is 4.98 Å². The van der Waals surface area contributed by atoms with E-state index in [1.54, 1.807) is 0 Å². The van der Waals surface area contributed by atoms with Gasteiger partial charge in [0.15, 0.2) is 0 Å². The van der Waals surface area contributed by atoms with Crippen LogP contribution in [0.4, 0.5) is 0 Å². The van der Waals surface area contributed by atoms with Gasteiger partial charge in [-0.15, -0.1) is 0 Å². The summed E-state index contributed by atoms with van der Waals surface area (Å²) in [5, 5.41) is 0. The third-order valence-corrected chi connectivity index (χ3v) is 4.36. The Labute approximate surface area is 116 Å². The molecule has 3 nitrogen and oxygen atoms in total. The highest BCUT2D eigenvalue weighted by Crippen LogP contribution is 2.23. The highest BCUT2D eigenvalue weighted by atomic mass is 127. The van der Waals surface area contributed by atoms with Crippen molar-refractivity contribution >= 4 is 30.9 Å². The van der Waals surface area contributed by atoms with Gasteiger partial charge in [-0.2, -0.15) is 0 Å². The molecular formula is C14H13IN2O. The number of hydrogen-bond donors (Lipinski definition) is 0. The minimum atomic E-state index is 0.0559. The number of rotatable bonds is 3. The van der Waals surface area contributed by atoms with Crippen LogP contribution in [0.15, 0.2) is 34.5 Å². The van der Waals surface area contributed by atoms with Crippen molar-refractivity contribution in [1.29, 1.82) is 0 Å². The zero-order valence-electron chi connectivity index (χ0n) is 10.0. The predicted octanol–water partition coefficient (Wildman–Crippen LogP) is 3.51. The van der Waals surface area contributed by atoms with Crippen molar-refractivity contribution in [3.63, 3.8) is 0 Å². The van der Waals surface area contributed by atoms with E-state index >= 15 is 0 Å². The zero-order valence-corrected chi connectivity index (χ0v) is 12.2. The van der Waals surface area contributed by atoms with Crippen LogP contribution >= 0.6 is 20.7 Å². The Balaban J connectivity index is 1.92. The molecule has 0 N–H and O–H groups in total. The van der Waals surface area contributed by atoms with E-state index in [-0.39, 0.29) is 20.7 Å². The number of benzene rings is 1. The highest BCUT2D eigenvalue weighted by Gasteiger charge is 2.07. The maximum Gasteiger partial charge on any atom is 0.138 e. The molecular weight excluding hydrogens is 339 g/mol. The number of nitrogens with zero attached hydrogens (tertiary/aromatic N) is 2. The van der Waals surface area contributed by atoms with E-state index in [4.69, 9.17) is 4.74 Å². The first kappa shape index (κ1) is 11.6. The quantitative estimate of drug-likeness (QED) is 0.791. The zero-order chi connectivity index (χ0) is 12.4. The summed E-state index contributed by atoms with van der Waals surface area (Å²) in [5.41, 5.74) is 2.14. The molecule has 3 rings (SSSR count). The Hall–Kier alpha value is -1.43. The molecule has 92 valence electrons. The van der Waals surface area contributed by atoms with Gasteiger partial charge in [0.05, 0.1) is 12.3 Å². The molecule has 2 aromatic rings. The van der Waals surface area contributed by atoms with E-state index in [1.165, 1.54) is 0 Å². The van der Waals surface area contributed by atoms with Crippen LogP contribution in [0.25, 0.3) is 17.3 Å². The monoisotopic (exact) mass is 352 g/mol.